The Bertz CT molecular complexity index is 1320. The van der Waals surface area contributed by atoms with Crippen molar-refractivity contribution in [3.05, 3.63) is 71.3 Å². The molecule has 1 aliphatic rings. The number of amides is 3. The van der Waals surface area contributed by atoms with Crippen molar-refractivity contribution >= 4 is 36.5 Å². The number of thiol groups is 1. The Morgan fingerprint density at radius 3 is 1.98 bits per heavy atom. The summed E-state index contributed by atoms with van der Waals surface area (Å²) in [6, 6.07) is 13.3. The molecule has 10 heteroatoms. The number of nitrogens with one attached hydrogen (secondary N) is 2. The highest BCUT2D eigenvalue weighted by molar-refractivity contribution is 7.80. The summed E-state index contributed by atoms with van der Waals surface area (Å²) < 4.78 is 11.1. The highest BCUT2D eigenvalue weighted by Gasteiger charge is 2.49. The van der Waals surface area contributed by atoms with Gasteiger partial charge in [-0.05, 0) is 77.5 Å². The van der Waals surface area contributed by atoms with Crippen LogP contribution in [0.3, 0.4) is 0 Å². The molecule has 0 aliphatic heterocycles. The van der Waals surface area contributed by atoms with Gasteiger partial charge in [0.15, 0.2) is 0 Å². The van der Waals surface area contributed by atoms with Gasteiger partial charge in [0.25, 0.3) is 0 Å². The van der Waals surface area contributed by atoms with Crippen LogP contribution in [0.15, 0.2) is 54.6 Å². The fraction of sp³-hybridized carbons (Fsp3) is 0.529. The maximum absolute atomic E-state index is 14.4. The summed E-state index contributed by atoms with van der Waals surface area (Å²) in [5.74, 6) is -1.43. The van der Waals surface area contributed by atoms with Crippen LogP contribution in [0.4, 0.5) is 4.79 Å². The Morgan fingerprint density at radius 1 is 0.886 bits per heavy atom. The summed E-state index contributed by atoms with van der Waals surface area (Å²) in [4.78, 5) is 56.3. The summed E-state index contributed by atoms with van der Waals surface area (Å²) in [6.45, 7) is 14.4. The zero-order chi connectivity index (χ0) is 32.8. The van der Waals surface area contributed by atoms with Crippen molar-refractivity contribution in [3.63, 3.8) is 0 Å². The molecule has 0 radical (unpaired) electrons. The molecule has 1 fully saturated rings. The molecule has 44 heavy (non-hydrogen) atoms. The summed E-state index contributed by atoms with van der Waals surface area (Å²) in [5.41, 5.74) is 0.730. The second kappa shape index (κ2) is 14.5. The molecule has 9 nitrogen and oxygen atoms in total. The molecular weight excluding hydrogens is 578 g/mol. The Morgan fingerprint density at radius 2 is 1.45 bits per heavy atom. The fourth-order valence-corrected chi connectivity index (χ4v) is 5.21. The molecule has 0 spiro atoms. The van der Waals surface area contributed by atoms with E-state index in [0.717, 1.165) is 11.1 Å². The third-order valence-corrected chi connectivity index (χ3v) is 7.52. The number of rotatable bonds is 11. The first-order valence-electron chi connectivity index (χ1n) is 15.1. The molecule has 1 aliphatic carbocycles. The molecule has 0 bridgehead atoms. The van der Waals surface area contributed by atoms with Gasteiger partial charge in [-0.25, -0.2) is 9.59 Å². The number of esters is 1. The molecule has 5 unspecified atom stereocenters. The number of hydrogen-bond acceptors (Lipinski definition) is 7. The molecule has 2 aromatic carbocycles. The Kier molecular flexibility index (Phi) is 11.5. The van der Waals surface area contributed by atoms with E-state index in [1.54, 1.807) is 46.4 Å². The average molecular weight is 626 g/mol. The van der Waals surface area contributed by atoms with Crippen molar-refractivity contribution in [2.24, 2.45) is 5.92 Å². The van der Waals surface area contributed by atoms with Gasteiger partial charge in [0, 0.05) is 18.2 Å². The monoisotopic (exact) mass is 625 g/mol. The van der Waals surface area contributed by atoms with Gasteiger partial charge in [-0.15, -0.1) is 0 Å². The molecule has 2 N–H and O–H groups in total. The van der Waals surface area contributed by atoms with Gasteiger partial charge < -0.3 is 25.0 Å². The van der Waals surface area contributed by atoms with E-state index in [9.17, 15) is 19.2 Å². The number of alkyl carbamates (subject to hydrolysis) is 1. The number of hydrogen-bond donors (Lipinski definition) is 3. The van der Waals surface area contributed by atoms with Crippen LogP contribution in [0.1, 0.15) is 77.6 Å². The van der Waals surface area contributed by atoms with Crippen LogP contribution >= 0.6 is 12.6 Å². The minimum Gasteiger partial charge on any atom is -0.458 e. The lowest BCUT2D eigenvalue weighted by Crippen LogP contribution is -2.56. The van der Waals surface area contributed by atoms with Crippen LogP contribution in [-0.4, -0.2) is 63.9 Å². The second-order valence-corrected chi connectivity index (χ2v) is 13.8. The first kappa shape index (κ1) is 35.0. The number of nitrogens with zero attached hydrogens (tertiary/aromatic N) is 1. The molecule has 3 amide bonds. The lowest BCUT2D eigenvalue weighted by molar-refractivity contribution is -0.159. The maximum atomic E-state index is 14.4. The minimum atomic E-state index is -1.08. The van der Waals surface area contributed by atoms with E-state index in [-0.39, 0.29) is 24.1 Å². The Balaban J connectivity index is 2.03. The third-order valence-electron chi connectivity index (χ3n) is 7.15. The van der Waals surface area contributed by atoms with E-state index in [2.05, 4.69) is 23.3 Å². The normalized spacial score (nSPS) is 18.3. The van der Waals surface area contributed by atoms with Gasteiger partial charge in [-0.3, -0.25) is 9.59 Å². The van der Waals surface area contributed by atoms with Crippen LogP contribution in [0.5, 0.6) is 0 Å². The smallest absolute Gasteiger partial charge is 0.408 e. The number of ether oxygens (including phenoxy) is 2. The van der Waals surface area contributed by atoms with Crippen LogP contribution in [0, 0.1) is 12.8 Å². The standard InChI is InChI=1S/C34H47N3O6S/c1-21-14-12-13-17-24(21)28(29(38)35-25(31(40)42-33(3,4)5)19-23-15-10-9-11-16-23)37(27-18-22(27)2)30(39)26(20-44)36-32(41)43-34(6,7)8/h9-17,22,25-28,44H,18-20H2,1-8H3,(H,35,38)(H,36,41). The van der Waals surface area contributed by atoms with E-state index in [1.807, 2.05) is 68.4 Å². The van der Waals surface area contributed by atoms with E-state index in [4.69, 9.17) is 9.47 Å². The summed E-state index contributed by atoms with van der Waals surface area (Å²) >= 11 is 4.37. The van der Waals surface area contributed by atoms with Gasteiger partial charge >= 0.3 is 12.1 Å². The molecular formula is C34H47N3O6S. The van der Waals surface area contributed by atoms with Gasteiger partial charge in [-0.2, -0.15) is 12.6 Å². The topological polar surface area (TPSA) is 114 Å². The van der Waals surface area contributed by atoms with Gasteiger partial charge in [-0.1, -0.05) is 61.5 Å². The van der Waals surface area contributed by atoms with Crippen LogP contribution in [0.2, 0.25) is 0 Å². The van der Waals surface area contributed by atoms with Crippen molar-refractivity contribution in [1.82, 2.24) is 15.5 Å². The number of benzene rings is 2. The minimum absolute atomic E-state index is 0.00761. The lowest BCUT2D eigenvalue weighted by Gasteiger charge is -2.36. The van der Waals surface area contributed by atoms with Gasteiger partial charge in [0.1, 0.15) is 29.3 Å². The van der Waals surface area contributed by atoms with Crippen LogP contribution in [-0.2, 0) is 30.3 Å². The average Bonchev–Trinajstić information content (AvgIpc) is 3.64. The highest BCUT2D eigenvalue weighted by atomic mass is 32.1. The first-order chi connectivity index (χ1) is 20.5. The summed E-state index contributed by atoms with van der Waals surface area (Å²) in [7, 11) is 0. The van der Waals surface area contributed by atoms with E-state index < -0.39 is 53.2 Å². The molecule has 1 saturated carbocycles. The Hall–Kier alpha value is -3.53. The first-order valence-corrected chi connectivity index (χ1v) is 15.7. The second-order valence-electron chi connectivity index (χ2n) is 13.5. The number of aryl methyl sites for hydroxylation is 1. The zero-order valence-electron chi connectivity index (χ0n) is 27.0. The van der Waals surface area contributed by atoms with Crippen molar-refractivity contribution in [2.45, 2.75) is 104 Å². The van der Waals surface area contributed by atoms with Gasteiger partial charge in [0.2, 0.25) is 11.8 Å². The molecule has 0 aromatic heterocycles. The number of carbonyl (C=O) groups is 4. The SMILES string of the molecule is Cc1ccccc1C(C(=O)NC(Cc1ccccc1)C(=O)OC(C)(C)C)N(C(=O)C(CS)NC(=O)OC(C)(C)C)C1CC1C. The third kappa shape index (κ3) is 10.0. The fourth-order valence-electron chi connectivity index (χ4n) is 4.97. The summed E-state index contributed by atoms with van der Waals surface area (Å²) in [6.07, 6.45) is 0.139. The van der Waals surface area contributed by atoms with Crippen molar-refractivity contribution in [3.8, 4) is 0 Å². The quantitative estimate of drug-likeness (QED) is 0.235. The van der Waals surface area contributed by atoms with Crippen LogP contribution in [0.25, 0.3) is 0 Å². The van der Waals surface area contributed by atoms with Crippen molar-refractivity contribution < 1.29 is 28.7 Å². The van der Waals surface area contributed by atoms with E-state index >= 15 is 0 Å². The lowest BCUT2D eigenvalue weighted by atomic mass is 9.97. The molecule has 2 aromatic rings. The van der Waals surface area contributed by atoms with Crippen molar-refractivity contribution in [1.29, 1.82) is 0 Å². The Labute approximate surface area is 266 Å². The molecule has 0 heterocycles. The predicted octanol–water partition coefficient (Wildman–Crippen LogP) is 5.17. The maximum Gasteiger partial charge on any atom is 0.408 e. The number of carbonyl (C=O) groups excluding carboxylic acids is 4. The molecule has 5 atom stereocenters. The van der Waals surface area contributed by atoms with Crippen molar-refractivity contribution in [2.75, 3.05) is 5.75 Å². The van der Waals surface area contributed by atoms with Crippen LogP contribution < -0.4 is 10.6 Å². The zero-order valence-corrected chi connectivity index (χ0v) is 27.9. The highest BCUT2D eigenvalue weighted by Crippen LogP contribution is 2.41. The van der Waals surface area contributed by atoms with E-state index in [0.29, 0.717) is 12.0 Å². The molecule has 0 saturated heterocycles. The van der Waals surface area contributed by atoms with Gasteiger partial charge in [0.05, 0.1) is 0 Å². The molecule has 3 rings (SSSR count). The predicted molar refractivity (Wildman–Crippen MR) is 173 cm³/mol. The van der Waals surface area contributed by atoms with E-state index in [1.165, 1.54) is 0 Å². The largest absolute Gasteiger partial charge is 0.458 e. The molecule has 240 valence electrons. The summed E-state index contributed by atoms with van der Waals surface area (Å²) in [5, 5.41) is 5.58.